The van der Waals surface area contributed by atoms with Crippen molar-refractivity contribution in [2.24, 2.45) is 0 Å². The van der Waals surface area contributed by atoms with Crippen molar-refractivity contribution < 1.29 is 29.3 Å². The van der Waals surface area contributed by atoms with Gasteiger partial charge in [-0.15, -0.1) is 0 Å². The van der Waals surface area contributed by atoms with Gasteiger partial charge in [-0.2, -0.15) is 0 Å². The highest BCUT2D eigenvalue weighted by Crippen LogP contribution is 2.17. The fourth-order valence-corrected chi connectivity index (χ4v) is 2.83. The number of hydrogen-bond acceptors (Lipinski definition) is 6. The van der Waals surface area contributed by atoms with E-state index in [0.29, 0.717) is 0 Å². The van der Waals surface area contributed by atoms with Crippen LogP contribution in [0.3, 0.4) is 0 Å². The Morgan fingerprint density at radius 3 is 2.29 bits per heavy atom. The minimum absolute atomic E-state index is 0.247. The fraction of sp³-hybridized carbons (Fsp3) is 0.889. The van der Waals surface area contributed by atoms with Gasteiger partial charge in [0.1, 0.15) is 18.8 Å². The molecule has 0 unspecified atom stereocenters. The van der Waals surface area contributed by atoms with Gasteiger partial charge in [0.25, 0.3) is 0 Å². The molecule has 6 heteroatoms. The number of Topliss-reactive ketones (excluding diaryl/α,β-unsaturated/α-hetero) is 1. The number of rotatable bonds is 12. The molecule has 2 N–H and O–H groups in total. The SMILES string of the molecule is CCCCCCCCCCCC(=O)O[C@@H]1C(=O)CO[C@H](CO)[C@H]1O. The molecule has 0 bridgehead atoms. The number of ether oxygens (including phenoxy) is 2. The number of hydrogen-bond donors (Lipinski definition) is 2. The Hall–Kier alpha value is -0.980. The van der Waals surface area contributed by atoms with Gasteiger partial charge < -0.3 is 19.7 Å². The number of carbonyl (C=O) groups is 2. The van der Waals surface area contributed by atoms with Gasteiger partial charge in [0.2, 0.25) is 5.78 Å². The molecule has 6 nitrogen and oxygen atoms in total. The highest BCUT2D eigenvalue weighted by Gasteiger charge is 2.40. The minimum atomic E-state index is -1.30. The first-order chi connectivity index (χ1) is 11.6. The molecule has 1 aliphatic heterocycles. The van der Waals surface area contributed by atoms with Crippen LogP contribution in [-0.2, 0) is 19.1 Å². The normalized spacial score (nSPS) is 24.1. The van der Waals surface area contributed by atoms with E-state index in [1.807, 2.05) is 0 Å². The average molecular weight is 344 g/mol. The highest BCUT2D eigenvalue weighted by molar-refractivity contribution is 5.88. The van der Waals surface area contributed by atoms with E-state index in [4.69, 9.17) is 14.6 Å². The van der Waals surface area contributed by atoms with Crippen LogP contribution in [0.4, 0.5) is 0 Å². The Kier molecular flexibility index (Phi) is 10.9. The number of aliphatic hydroxyl groups is 2. The number of ketones is 1. The number of carbonyl (C=O) groups excluding carboxylic acids is 2. The van der Waals surface area contributed by atoms with Crippen molar-refractivity contribution >= 4 is 11.8 Å². The Bertz CT molecular complexity index is 371. The highest BCUT2D eigenvalue weighted by atomic mass is 16.6. The molecule has 1 saturated heterocycles. The first-order valence-corrected chi connectivity index (χ1v) is 9.22. The molecule has 0 aromatic heterocycles. The molecule has 0 amide bonds. The number of aliphatic hydroxyl groups excluding tert-OH is 2. The average Bonchev–Trinajstić information content (AvgIpc) is 2.57. The maximum Gasteiger partial charge on any atom is 0.306 e. The van der Waals surface area contributed by atoms with Crippen LogP contribution in [0, 0.1) is 0 Å². The van der Waals surface area contributed by atoms with Crippen LogP contribution >= 0.6 is 0 Å². The van der Waals surface area contributed by atoms with Gasteiger partial charge in [-0.05, 0) is 6.42 Å². The second-order valence-corrected chi connectivity index (χ2v) is 6.48. The van der Waals surface area contributed by atoms with Crippen LogP contribution in [-0.4, -0.2) is 53.5 Å². The molecular weight excluding hydrogens is 312 g/mol. The first-order valence-electron chi connectivity index (χ1n) is 9.22. The van der Waals surface area contributed by atoms with Gasteiger partial charge >= 0.3 is 5.97 Å². The summed E-state index contributed by atoms with van der Waals surface area (Å²) < 4.78 is 10.1. The van der Waals surface area contributed by atoms with Crippen molar-refractivity contribution in [1.29, 1.82) is 0 Å². The lowest BCUT2D eigenvalue weighted by molar-refractivity contribution is -0.187. The molecule has 3 atom stereocenters. The van der Waals surface area contributed by atoms with Crippen molar-refractivity contribution in [2.75, 3.05) is 13.2 Å². The zero-order chi connectivity index (χ0) is 17.8. The second kappa shape index (κ2) is 12.4. The number of unbranched alkanes of at least 4 members (excludes halogenated alkanes) is 8. The van der Waals surface area contributed by atoms with Gasteiger partial charge in [0.15, 0.2) is 6.10 Å². The summed E-state index contributed by atoms with van der Waals surface area (Å²) >= 11 is 0. The molecule has 0 aliphatic carbocycles. The minimum Gasteiger partial charge on any atom is -0.451 e. The standard InChI is InChI=1S/C18H32O6/c1-2-3-4-5-6-7-8-9-10-11-16(21)24-18-14(20)13-23-15(12-19)17(18)22/h15,17-19,22H,2-13H2,1H3/t15-,17-,18-/m1/s1. The van der Waals surface area contributed by atoms with E-state index in [1.54, 1.807) is 0 Å². The Balaban J connectivity index is 2.11. The van der Waals surface area contributed by atoms with Crippen molar-refractivity contribution in [1.82, 2.24) is 0 Å². The third-order valence-corrected chi connectivity index (χ3v) is 4.37. The molecule has 1 aliphatic rings. The molecule has 0 aromatic carbocycles. The maximum absolute atomic E-state index is 11.8. The van der Waals surface area contributed by atoms with Crippen LogP contribution in [0.15, 0.2) is 0 Å². The van der Waals surface area contributed by atoms with E-state index in [9.17, 15) is 14.7 Å². The molecule has 0 spiro atoms. The molecule has 1 fully saturated rings. The van der Waals surface area contributed by atoms with Crippen LogP contribution in [0.5, 0.6) is 0 Å². The zero-order valence-electron chi connectivity index (χ0n) is 14.7. The van der Waals surface area contributed by atoms with Crippen LogP contribution in [0.2, 0.25) is 0 Å². The molecule has 24 heavy (non-hydrogen) atoms. The lowest BCUT2D eigenvalue weighted by Gasteiger charge is -2.32. The molecular formula is C18H32O6. The summed E-state index contributed by atoms with van der Waals surface area (Å²) in [6.45, 7) is 1.54. The summed E-state index contributed by atoms with van der Waals surface area (Å²) in [5.41, 5.74) is 0. The lowest BCUT2D eigenvalue weighted by atomic mass is 10.0. The van der Waals surface area contributed by atoms with Crippen LogP contribution in [0.25, 0.3) is 0 Å². The molecule has 0 radical (unpaired) electrons. The molecule has 1 heterocycles. The van der Waals surface area contributed by atoms with Crippen molar-refractivity contribution in [3.63, 3.8) is 0 Å². The summed E-state index contributed by atoms with van der Waals surface area (Å²) in [6.07, 6.45) is 7.22. The van der Waals surface area contributed by atoms with E-state index in [1.165, 1.54) is 38.5 Å². The zero-order valence-corrected chi connectivity index (χ0v) is 14.7. The van der Waals surface area contributed by atoms with E-state index >= 15 is 0 Å². The quantitative estimate of drug-likeness (QED) is 0.416. The van der Waals surface area contributed by atoms with E-state index in [-0.39, 0.29) is 13.0 Å². The van der Waals surface area contributed by atoms with Gasteiger partial charge in [0.05, 0.1) is 6.61 Å². The summed E-state index contributed by atoms with van der Waals surface area (Å²) in [6, 6.07) is 0. The summed E-state index contributed by atoms with van der Waals surface area (Å²) in [5, 5.41) is 18.9. The molecule has 140 valence electrons. The Morgan fingerprint density at radius 1 is 1.12 bits per heavy atom. The summed E-state index contributed by atoms with van der Waals surface area (Å²) in [7, 11) is 0. The monoisotopic (exact) mass is 344 g/mol. The molecule has 0 saturated carbocycles. The van der Waals surface area contributed by atoms with Gasteiger partial charge in [-0.1, -0.05) is 58.3 Å². The topological polar surface area (TPSA) is 93.1 Å². The molecule has 0 aromatic rings. The third-order valence-electron chi connectivity index (χ3n) is 4.37. The summed E-state index contributed by atoms with van der Waals surface area (Å²) in [5.74, 6) is -0.943. The largest absolute Gasteiger partial charge is 0.451 e. The van der Waals surface area contributed by atoms with Gasteiger partial charge in [0, 0.05) is 6.42 Å². The predicted octanol–water partition coefficient (Wildman–Crippen LogP) is 2.14. The van der Waals surface area contributed by atoms with E-state index in [2.05, 4.69) is 6.92 Å². The molecule has 1 rings (SSSR count). The van der Waals surface area contributed by atoms with E-state index < -0.39 is 36.7 Å². The van der Waals surface area contributed by atoms with Crippen molar-refractivity contribution in [2.45, 2.75) is 89.4 Å². The van der Waals surface area contributed by atoms with Gasteiger partial charge in [-0.3, -0.25) is 9.59 Å². The third kappa shape index (κ3) is 7.73. The fourth-order valence-electron chi connectivity index (χ4n) is 2.83. The predicted molar refractivity (Wildman–Crippen MR) is 89.6 cm³/mol. The second-order valence-electron chi connectivity index (χ2n) is 6.48. The van der Waals surface area contributed by atoms with Gasteiger partial charge in [-0.25, -0.2) is 0 Å². The summed E-state index contributed by atoms with van der Waals surface area (Å²) in [4.78, 5) is 23.5. The Labute approximate surface area is 144 Å². The van der Waals surface area contributed by atoms with Crippen molar-refractivity contribution in [3.8, 4) is 0 Å². The Morgan fingerprint density at radius 2 is 1.71 bits per heavy atom. The maximum atomic E-state index is 11.8. The lowest BCUT2D eigenvalue weighted by Crippen LogP contribution is -2.53. The van der Waals surface area contributed by atoms with Crippen LogP contribution < -0.4 is 0 Å². The van der Waals surface area contributed by atoms with Crippen molar-refractivity contribution in [3.05, 3.63) is 0 Å². The van der Waals surface area contributed by atoms with E-state index in [0.717, 1.165) is 19.3 Å². The van der Waals surface area contributed by atoms with Crippen LogP contribution in [0.1, 0.15) is 71.1 Å². The smallest absolute Gasteiger partial charge is 0.306 e. The number of esters is 1. The first kappa shape index (κ1) is 21.1.